The number of tetrazole rings is 1. The molecule has 9 heteroatoms. The first-order valence-corrected chi connectivity index (χ1v) is 12.4. The van der Waals surface area contributed by atoms with E-state index >= 15 is 0 Å². The van der Waals surface area contributed by atoms with Crippen LogP contribution in [0.25, 0.3) is 28.2 Å². The fourth-order valence-corrected chi connectivity index (χ4v) is 4.73. The molecule has 0 fully saturated rings. The Kier molecular flexibility index (Phi) is 7.04. The van der Waals surface area contributed by atoms with E-state index in [4.69, 9.17) is 11.6 Å². The Labute approximate surface area is 213 Å². The van der Waals surface area contributed by atoms with Crippen molar-refractivity contribution in [1.29, 1.82) is 0 Å². The summed E-state index contributed by atoms with van der Waals surface area (Å²) in [6.07, 6.45) is 5.69. The van der Waals surface area contributed by atoms with Gasteiger partial charge >= 0.3 is 5.69 Å². The first-order chi connectivity index (χ1) is 17.7. The van der Waals surface area contributed by atoms with E-state index in [-0.39, 0.29) is 5.69 Å². The molecule has 0 amide bonds. The number of para-hydroxylation sites is 1. The number of H-pyrrole nitrogens is 1. The molecular formula is C27H26ClN7O. The van der Waals surface area contributed by atoms with E-state index in [1.807, 2.05) is 72.9 Å². The molecule has 0 radical (unpaired) electrons. The molecule has 182 valence electrons. The van der Waals surface area contributed by atoms with Crippen molar-refractivity contribution in [2.45, 2.75) is 39.2 Å². The van der Waals surface area contributed by atoms with Crippen LogP contribution in [0, 0.1) is 0 Å². The second kappa shape index (κ2) is 10.7. The number of halogens is 1. The normalized spacial score (nSPS) is 11.2. The highest BCUT2D eigenvalue weighted by atomic mass is 35.5. The second-order valence-electron chi connectivity index (χ2n) is 8.57. The highest BCUT2D eigenvalue weighted by molar-refractivity contribution is 6.30. The van der Waals surface area contributed by atoms with Gasteiger partial charge in [-0.3, -0.25) is 14.1 Å². The summed E-state index contributed by atoms with van der Waals surface area (Å²) in [6.45, 7) is 2.50. The van der Waals surface area contributed by atoms with Gasteiger partial charge in [-0.25, -0.2) is 9.89 Å². The molecule has 36 heavy (non-hydrogen) atoms. The molecule has 0 aliphatic rings. The maximum absolute atomic E-state index is 13.5. The van der Waals surface area contributed by atoms with Gasteiger partial charge in [0.2, 0.25) is 0 Å². The van der Waals surface area contributed by atoms with E-state index in [9.17, 15) is 4.79 Å². The van der Waals surface area contributed by atoms with Crippen molar-refractivity contribution in [3.63, 3.8) is 0 Å². The molecule has 0 saturated heterocycles. The summed E-state index contributed by atoms with van der Waals surface area (Å²) in [7, 11) is 0. The van der Waals surface area contributed by atoms with Crippen molar-refractivity contribution in [3.05, 3.63) is 100.0 Å². The molecule has 5 aromatic rings. The number of rotatable bonds is 9. The minimum absolute atomic E-state index is 0.160. The molecule has 0 saturated carbocycles. The van der Waals surface area contributed by atoms with Crippen molar-refractivity contribution in [1.82, 2.24) is 34.7 Å². The number of unbranched alkanes of at least 4 members (excludes halogenated alkanes) is 2. The van der Waals surface area contributed by atoms with Crippen LogP contribution in [0.5, 0.6) is 0 Å². The van der Waals surface area contributed by atoms with E-state index < -0.39 is 0 Å². The van der Waals surface area contributed by atoms with Crippen LogP contribution in [0.15, 0.2) is 77.7 Å². The topological polar surface area (TPSA) is 94.3 Å². The summed E-state index contributed by atoms with van der Waals surface area (Å²) in [5.41, 5.74) is 4.99. The van der Waals surface area contributed by atoms with E-state index in [1.165, 1.54) is 0 Å². The number of nitrogens with one attached hydrogen (secondary N) is 1. The van der Waals surface area contributed by atoms with Gasteiger partial charge in [-0.15, -0.1) is 5.10 Å². The van der Waals surface area contributed by atoms with Crippen LogP contribution in [0.1, 0.15) is 37.6 Å². The lowest BCUT2D eigenvalue weighted by Crippen LogP contribution is -2.25. The number of imidazole rings is 1. The molecular weight excluding hydrogens is 474 g/mol. The highest BCUT2D eigenvalue weighted by Crippen LogP contribution is 2.29. The minimum atomic E-state index is -0.160. The minimum Gasteiger partial charge on any atom is -0.288 e. The Morgan fingerprint density at radius 3 is 2.42 bits per heavy atom. The highest BCUT2D eigenvalue weighted by Gasteiger charge is 2.20. The van der Waals surface area contributed by atoms with Gasteiger partial charge in [-0.1, -0.05) is 79.9 Å². The van der Waals surface area contributed by atoms with Gasteiger partial charge in [0, 0.05) is 17.3 Å². The fourth-order valence-electron chi connectivity index (χ4n) is 4.36. The van der Waals surface area contributed by atoms with Gasteiger partial charge in [0.15, 0.2) is 5.82 Å². The van der Waals surface area contributed by atoms with E-state index in [0.29, 0.717) is 17.5 Å². The van der Waals surface area contributed by atoms with Gasteiger partial charge in [0.05, 0.1) is 23.6 Å². The number of hydrogen-bond acceptors (Lipinski definition) is 5. The van der Waals surface area contributed by atoms with Crippen molar-refractivity contribution >= 4 is 11.6 Å². The Balaban J connectivity index is 1.48. The fraction of sp³-hybridized carbons (Fsp3) is 0.222. The van der Waals surface area contributed by atoms with Crippen molar-refractivity contribution in [3.8, 4) is 28.2 Å². The summed E-state index contributed by atoms with van der Waals surface area (Å²) < 4.78 is 3.33. The SMILES string of the molecule is CCCCCc1c(Cl)n(-c2ccccc2)c(=O)n1Cc1ccc(-c2ccccc2-c2nnn[nH]2)cn1. The zero-order valence-electron chi connectivity index (χ0n) is 19.9. The number of benzene rings is 2. The van der Waals surface area contributed by atoms with Crippen LogP contribution < -0.4 is 5.69 Å². The maximum atomic E-state index is 13.5. The summed E-state index contributed by atoms with van der Waals surface area (Å²) in [5.74, 6) is 0.592. The zero-order valence-corrected chi connectivity index (χ0v) is 20.7. The van der Waals surface area contributed by atoms with E-state index in [2.05, 4.69) is 32.5 Å². The number of nitrogens with zero attached hydrogens (tertiary/aromatic N) is 6. The lowest BCUT2D eigenvalue weighted by molar-refractivity contribution is 0.647. The lowest BCUT2D eigenvalue weighted by Gasteiger charge is -2.10. The van der Waals surface area contributed by atoms with E-state index in [0.717, 1.165) is 59.4 Å². The lowest BCUT2D eigenvalue weighted by atomic mass is 10.0. The number of aromatic nitrogens is 7. The van der Waals surface area contributed by atoms with Crippen molar-refractivity contribution < 1.29 is 0 Å². The maximum Gasteiger partial charge on any atom is 0.334 e. The summed E-state index contributed by atoms with van der Waals surface area (Å²) >= 11 is 6.79. The number of pyridine rings is 1. The quantitative estimate of drug-likeness (QED) is 0.277. The average molecular weight is 500 g/mol. The molecule has 0 spiro atoms. The molecule has 5 rings (SSSR count). The van der Waals surface area contributed by atoms with Crippen molar-refractivity contribution in [2.75, 3.05) is 0 Å². The predicted octanol–water partition coefficient (Wildman–Crippen LogP) is 5.32. The Bertz CT molecular complexity index is 1490. The first-order valence-electron chi connectivity index (χ1n) is 12.0. The Morgan fingerprint density at radius 2 is 1.72 bits per heavy atom. The second-order valence-corrected chi connectivity index (χ2v) is 8.93. The molecule has 1 N–H and O–H groups in total. The first kappa shape index (κ1) is 23.7. The summed E-state index contributed by atoms with van der Waals surface area (Å²) in [5, 5.41) is 14.7. The molecule has 0 bridgehead atoms. The van der Waals surface area contributed by atoms with Gasteiger partial charge < -0.3 is 0 Å². The van der Waals surface area contributed by atoms with Gasteiger partial charge in [-0.2, -0.15) is 0 Å². The summed E-state index contributed by atoms with van der Waals surface area (Å²) in [4.78, 5) is 18.2. The van der Waals surface area contributed by atoms with Crippen LogP contribution in [-0.2, 0) is 13.0 Å². The van der Waals surface area contributed by atoms with Gasteiger partial charge in [-0.05, 0) is 47.0 Å². The Morgan fingerprint density at radius 1 is 0.944 bits per heavy atom. The average Bonchev–Trinajstić information content (AvgIpc) is 3.53. The largest absolute Gasteiger partial charge is 0.334 e. The van der Waals surface area contributed by atoms with E-state index in [1.54, 1.807) is 9.13 Å². The van der Waals surface area contributed by atoms with Gasteiger partial charge in [0.1, 0.15) is 5.15 Å². The van der Waals surface area contributed by atoms with Crippen LogP contribution in [0.3, 0.4) is 0 Å². The monoisotopic (exact) mass is 499 g/mol. The zero-order chi connectivity index (χ0) is 24.9. The van der Waals surface area contributed by atoms with Crippen LogP contribution in [0.4, 0.5) is 0 Å². The summed E-state index contributed by atoms with van der Waals surface area (Å²) in [6, 6.07) is 21.3. The van der Waals surface area contributed by atoms with Crippen molar-refractivity contribution in [2.24, 2.45) is 0 Å². The predicted molar refractivity (Wildman–Crippen MR) is 140 cm³/mol. The number of aromatic amines is 1. The third kappa shape index (κ3) is 4.72. The smallest absolute Gasteiger partial charge is 0.288 e. The van der Waals surface area contributed by atoms with Gasteiger partial charge in [0.25, 0.3) is 0 Å². The molecule has 2 aromatic carbocycles. The molecule has 0 aliphatic heterocycles. The third-order valence-electron chi connectivity index (χ3n) is 6.20. The number of hydrogen-bond donors (Lipinski definition) is 1. The molecule has 3 heterocycles. The van der Waals surface area contributed by atoms with Crippen LogP contribution in [-0.4, -0.2) is 34.7 Å². The molecule has 0 unspecified atom stereocenters. The molecule has 3 aromatic heterocycles. The Hall–Kier alpha value is -4.04. The molecule has 8 nitrogen and oxygen atoms in total. The van der Waals surface area contributed by atoms with Crippen LogP contribution >= 0.6 is 11.6 Å². The molecule has 0 atom stereocenters. The van der Waals surface area contributed by atoms with Crippen LogP contribution in [0.2, 0.25) is 5.15 Å². The standard InChI is InChI=1S/C27H26ClN7O/c1-2-3-5-14-24-25(28)35(21-10-6-4-7-11-21)27(36)34(24)18-20-16-15-19(17-29-20)22-12-8-9-13-23(22)26-30-32-33-31-26/h4,6-13,15-17H,2-3,5,14,18H2,1H3,(H,30,31,32,33). The molecule has 0 aliphatic carbocycles. The third-order valence-corrected chi connectivity index (χ3v) is 6.58.